The van der Waals surface area contributed by atoms with Gasteiger partial charge in [-0.25, -0.2) is 0 Å². The largest absolute Gasteiger partial charge is 0.504 e. The summed E-state index contributed by atoms with van der Waals surface area (Å²) < 4.78 is 0. The molecule has 1 heterocycles. The van der Waals surface area contributed by atoms with Crippen LogP contribution < -0.4 is 0 Å². The number of rotatable bonds is 4. The highest BCUT2D eigenvalue weighted by molar-refractivity contribution is 6.01. The van der Waals surface area contributed by atoms with Crippen LogP contribution in [0.2, 0.25) is 0 Å². The van der Waals surface area contributed by atoms with Crippen LogP contribution in [-0.4, -0.2) is 57.5 Å². The molecule has 136 valence electrons. The molecule has 1 unspecified atom stereocenters. The first kappa shape index (κ1) is 17.7. The van der Waals surface area contributed by atoms with E-state index >= 15 is 0 Å². The Labute approximate surface area is 148 Å². The van der Waals surface area contributed by atoms with Gasteiger partial charge in [-0.3, -0.25) is 14.5 Å². The van der Waals surface area contributed by atoms with Gasteiger partial charge in [-0.2, -0.15) is 0 Å². The maximum Gasteiger partial charge on any atom is 0.244 e. The summed E-state index contributed by atoms with van der Waals surface area (Å²) in [4.78, 5) is 29.2. The molecule has 1 amide bonds. The van der Waals surface area contributed by atoms with Gasteiger partial charge in [0.05, 0.1) is 13.2 Å². The normalized spacial score (nSPS) is 25.5. The zero-order valence-electron chi connectivity index (χ0n) is 14.9. The van der Waals surface area contributed by atoms with Crippen molar-refractivity contribution >= 4 is 11.7 Å². The van der Waals surface area contributed by atoms with E-state index in [0.717, 1.165) is 25.7 Å². The predicted octanol–water partition coefficient (Wildman–Crippen LogP) is 2.35. The fourth-order valence-corrected chi connectivity index (χ4v) is 4.18. The van der Waals surface area contributed by atoms with Crippen LogP contribution in [0.25, 0.3) is 0 Å². The van der Waals surface area contributed by atoms with E-state index < -0.39 is 5.54 Å². The summed E-state index contributed by atoms with van der Waals surface area (Å²) in [6.07, 6.45) is 5.66. The number of likely N-dealkylation sites (N-methyl/N-ethyl adjacent to an activating group) is 1. The van der Waals surface area contributed by atoms with Crippen molar-refractivity contribution in [1.82, 2.24) is 9.80 Å². The highest BCUT2D eigenvalue weighted by Crippen LogP contribution is 2.40. The molecule has 2 N–H and O–H groups in total. The average molecular weight is 346 g/mol. The first-order valence-corrected chi connectivity index (χ1v) is 8.90. The summed E-state index contributed by atoms with van der Waals surface area (Å²) in [5.74, 6) is -0.499. The zero-order valence-corrected chi connectivity index (χ0v) is 14.9. The zero-order chi connectivity index (χ0) is 18.2. The van der Waals surface area contributed by atoms with Gasteiger partial charge >= 0.3 is 0 Å². The molecule has 1 aliphatic carbocycles. The summed E-state index contributed by atoms with van der Waals surface area (Å²) in [6, 6.07) is 3.98. The lowest BCUT2D eigenvalue weighted by molar-refractivity contribution is -0.135. The summed E-state index contributed by atoms with van der Waals surface area (Å²) in [6.45, 7) is 2.42. The van der Waals surface area contributed by atoms with Crippen LogP contribution in [0.1, 0.15) is 49.4 Å². The molecule has 0 spiro atoms. The van der Waals surface area contributed by atoms with Crippen LogP contribution in [0.5, 0.6) is 11.5 Å². The predicted molar refractivity (Wildman–Crippen MR) is 93.4 cm³/mol. The Hall–Kier alpha value is -2.08. The molecule has 6 heteroatoms. The molecule has 2 fully saturated rings. The molecule has 1 aromatic rings. The minimum atomic E-state index is -0.544. The quantitative estimate of drug-likeness (QED) is 0.646. The second-order valence-electron chi connectivity index (χ2n) is 7.45. The summed E-state index contributed by atoms with van der Waals surface area (Å²) >= 11 is 0. The van der Waals surface area contributed by atoms with Crippen molar-refractivity contribution in [2.24, 2.45) is 5.92 Å². The molecule has 3 rings (SSSR count). The van der Waals surface area contributed by atoms with E-state index in [2.05, 4.69) is 4.90 Å². The maximum atomic E-state index is 13.1. The van der Waals surface area contributed by atoms with Crippen LogP contribution in [0.4, 0.5) is 0 Å². The van der Waals surface area contributed by atoms with Gasteiger partial charge in [0.2, 0.25) is 5.91 Å². The molecule has 25 heavy (non-hydrogen) atoms. The second kappa shape index (κ2) is 6.67. The van der Waals surface area contributed by atoms with Crippen molar-refractivity contribution in [1.29, 1.82) is 0 Å². The lowest BCUT2D eigenvalue weighted by atomic mass is 9.75. The number of nitrogens with zero attached hydrogens (tertiary/aromatic N) is 2. The van der Waals surface area contributed by atoms with Gasteiger partial charge < -0.3 is 15.1 Å². The van der Waals surface area contributed by atoms with Crippen molar-refractivity contribution < 1.29 is 19.8 Å². The number of hydrogen-bond acceptors (Lipinski definition) is 5. The number of carbonyl (C=O) groups excluding carboxylic acids is 2. The van der Waals surface area contributed by atoms with Crippen molar-refractivity contribution in [3.8, 4) is 11.5 Å². The van der Waals surface area contributed by atoms with Crippen LogP contribution in [0.15, 0.2) is 18.2 Å². The van der Waals surface area contributed by atoms with Crippen molar-refractivity contribution in [2.75, 3.05) is 20.3 Å². The number of amides is 1. The van der Waals surface area contributed by atoms with E-state index in [1.54, 1.807) is 4.90 Å². The Kier molecular flexibility index (Phi) is 4.73. The summed E-state index contributed by atoms with van der Waals surface area (Å²) in [5, 5.41) is 18.9. The Morgan fingerprint density at radius 1 is 1.20 bits per heavy atom. The molecule has 1 atom stereocenters. The van der Waals surface area contributed by atoms with Gasteiger partial charge in [0, 0.05) is 5.56 Å². The smallest absolute Gasteiger partial charge is 0.244 e. The number of carbonyl (C=O) groups is 2. The van der Waals surface area contributed by atoms with Gasteiger partial charge in [-0.05, 0) is 50.9 Å². The standard InChI is InChI=1S/C19H26N2O4/c1-19(14-6-4-3-5-7-14)18(25)21(12-20(19)2)11-17(24)13-8-9-15(22)16(23)10-13/h8-10,14,22-23H,3-7,11-12H2,1-2H3. The molecule has 1 aliphatic heterocycles. The number of ketones is 1. The Morgan fingerprint density at radius 3 is 2.52 bits per heavy atom. The van der Waals surface area contributed by atoms with Gasteiger partial charge in [0.15, 0.2) is 17.3 Å². The highest BCUT2D eigenvalue weighted by atomic mass is 16.3. The topological polar surface area (TPSA) is 81.1 Å². The van der Waals surface area contributed by atoms with Gasteiger partial charge in [-0.1, -0.05) is 19.3 Å². The van der Waals surface area contributed by atoms with Gasteiger partial charge in [-0.15, -0.1) is 0 Å². The number of aromatic hydroxyl groups is 2. The number of hydrogen-bond donors (Lipinski definition) is 2. The molecule has 1 saturated carbocycles. The Morgan fingerprint density at radius 2 is 1.88 bits per heavy atom. The van der Waals surface area contributed by atoms with Crippen LogP contribution in [0.3, 0.4) is 0 Å². The molecular formula is C19H26N2O4. The number of Topliss-reactive ketones (excluding diaryl/α,β-unsaturated/α-hetero) is 1. The van der Waals surface area contributed by atoms with E-state index in [4.69, 9.17) is 0 Å². The fraction of sp³-hybridized carbons (Fsp3) is 0.579. The summed E-state index contributed by atoms with van der Waals surface area (Å²) in [5.41, 5.74) is -0.255. The lowest BCUT2D eigenvalue weighted by Crippen LogP contribution is -2.51. The third-order valence-electron chi connectivity index (χ3n) is 5.93. The number of phenols is 2. The minimum Gasteiger partial charge on any atom is -0.504 e. The molecule has 1 aromatic carbocycles. The summed E-state index contributed by atoms with van der Waals surface area (Å²) in [7, 11) is 1.95. The lowest BCUT2D eigenvalue weighted by Gasteiger charge is -2.39. The third-order valence-corrected chi connectivity index (χ3v) is 5.93. The average Bonchev–Trinajstić information content (AvgIpc) is 2.82. The molecule has 0 bridgehead atoms. The second-order valence-corrected chi connectivity index (χ2v) is 7.45. The van der Waals surface area contributed by atoms with E-state index in [9.17, 15) is 19.8 Å². The Bertz CT molecular complexity index is 684. The van der Waals surface area contributed by atoms with Crippen molar-refractivity contribution in [3.63, 3.8) is 0 Å². The van der Waals surface area contributed by atoms with E-state index in [-0.39, 0.29) is 35.3 Å². The van der Waals surface area contributed by atoms with Crippen LogP contribution >= 0.6 is 0 Å². The van der Waals surface area contributed by atoms with E-state index in [0.29, 0.717) is 12.6 Å². The molecule has 6 nitrogen and oxygen atoms in total. The fourth-order valence-electron chi connectivity index (χ4n) is 4.18. The molecular weight excluding hydrogens is 320 g/mol. The van der Waals surface area contributed by atoms with Crippen molar-refractivity contribution in [3.05, 3.63) is 23.8 Å². The highest BCUT2D eigenvalue weighted by Gasteiger charge is 2.52. The molecule has 0 radical (unpaired) electrons. The van der Waals surface area contributed by atoms with Gasteiger partial charge in [0.25, 0.3) is 0 Å². The number of benzene rings is 1. The maximum absolute atomic E-state index is 13.1. The SMILES string of the molecule is CN1CN(CC(=O)c2ccc(O)c(O)c2)C(=O)C1(C)C1CCCCC1. The monoisotopic (exact) mass is 346 g/mol. The van der Waals surface area contributed by atoms with E-state index in [1.807, 2.05) is 14.0 Å². The first-order valence-electron chi connectivity index (χ1n) is 8.90. The molecule has 1 saturated heterocycles. The molecule has 0 aromatic heterocycles. The minimum absolute atomic E-state index is 0.0123. The van der Waals surface area contributed by atoms with Crippen LogP contribution in [0, 0.1) is 5.92 Å². The van der Waals surface area contributed by atoms with Crippen LogP contribution in [-0.2, 0) is 4.79 Å². The van der Waals surface area contributed by atoms with Gasteiger partial charge in [0.1, 0.15) is 5.54 Å². The molecule has 2 aliphatic rings. The number of phenolic OH excluding ortho intramolecular Hbond substituents is 2. The first-order chi connectivity index (χ1) is 11.8. The third kappa shape index (κ3) is 3.11. The van der Waals surface area contributed by atoms with Crippen molar-refractivity contribution in [2.45, 2.75) is 44.6 Å². The van der Waals surface area contributed by atoms with E-state index in [1.165, 1.54) is 24.6 Å². The Balaban J connectivity index is 1.74.